The normalized spacial score (nSPS) is 9.89. The molecule has 0 atom stereocenters. The topological polar surface area (TPSA) is 89.0 Å². The highest BCUT2D eigenvalue weighted by Crippen LogP contribution is 2.22. The van der Waals surface area contributed by atoms with Crippen molar-refractivity contribution in [1.29, 1.82) is 5.26 Å². The van der Waals surface area contributed by atoms with Crippen molar-refractivity contribution >= 4 is 22.5 Å². The number of nitriles is 1. The second kappa shape index (κ2) is 5.50. The van der Waals surface area contributed by atoms with Gasteiger partial charge in [0.05, 0.1) is 17.3 Å². The van der Waals surface area contributed by atoms with Crippen molar-refractivity contribution in [2.24, 2.45) is 0 Å². The van der Waals surface area contributed by atoms with Crippen molar-refractivity contribution in [3.05, 3.63) is 46.6 Å². The molecule has 0 bridgehead atoms. The molecule has 2 aromatic rings. The minimum absolute atomic E-state index is 0.100. The van der Waals surface area contributed by atoms with E-state index >= 15 is 0 Å². The fourth-order valence-corrected chi connectivity index (χ4v) is 2.24. The lowest BCUT2D eigenvalue weighted by atomic mass is 10.1. The van der Waals surface area contributed by atoms with Crippen LogP contribution in [0.25, 0.3) is 0 Å². The number of rotatable bonds is 3. The summed E-state index contributed by atoms with van der Waals surface area (Å²) in [6, 6.07) is 8.93. The summed E-state index contributed by atoms with van der Waals surface area (Å²) in [5.41, 5.74) is 7.84. The molecular formula is C13H11N3O2S. The lowest BCUT2D eigenvalue weighted by molar-refractivity contribution is 0.0473. The van der Waals surface area contributed by atoms with Crippen LogP contribution in [0, 0.1) is 18.3 Å². The third-order valence-corrected chi connectivity index (χ3v) is 3.29. The Kier molecular flexibility index (Phi) is 3.78. The molecule has 0 aliphatic heterocycles. The van der Waals surface area contributed by atoms with Gasteiger partial charge in [-0.15, -0.1) is 0 Å². The lowest BCUT2D eigenvalue weighted by Gasteiger charge is -2.05. The summed E-state index contributed by atoms with van der Waals surface area (Å²) < 4.78 is 9.16. The largest absolute Gasteiger partial charge is 0.457 e. The van der Waals surface area contributed by atoms with E-state index in [1.165, 1.54) is 0 Å². The number of nitrogens with zero attached hydrogens (tertiary/aromatic N) is 2. The van der Waals surface area contributed by atoms with E-state index in [4.69, 9.17) is 15.7 Å². The highest BCUT2D eigenvalue weighted by atomic mass is 32.1. The summed E-state index contributed by atoms with van der Waals surface area (Å²) in [7, 11) is 0. The molecule has 0 spiro atoms. The molecule has 19 heavy (non-hydrogen) atoms. The minimum Gasteiger partial charge on any atom is -0.457 e. The molecule has 96 valence electrons. The van der Waals surface area contributed by atoms with Gasteiger partial charge < -0.3 is 10.5 Å². The molecule has 0 radical (unpaired) electrons. The first-order chi connectivity index (χ1) is 9.11. The smallest absolute Gasteiger partial charge is 0.343 e. The van der Waals surface area contributed by atoms with Gasteiger partial charge in [-0.25, -0.2) is 4.79 Å². The number of nitrogens with two attached hydrogens (primary N) is 1. The maximum Gasteiger partial charge on any atom is 0.343 e. The quantitative estimate of drug-likeness (QED) is 0.866. The Morgan fingerprint density at radius 1 is 1.58 bits per heavy atom. The predicted molar refractivity (Wildman–Crippen MR) is 71.5 cm³/mol. The van der Waals surface area contributed by atoms with Gasteiger partial charge in [0.2, 0.25) is 0 Å². The first-order valence-electron chi connectivity index (χ1n) is 5.49. The highest BCUT2D eigenvalue weighted by Gasteiger charge is 2.17. The molecule has 6 heteroatoms. The van der Waals surface area contributed by atoms with Crippen LogP contribution in [0.2, 0.25) is 0 Å². The van der Waals surface area contributed by atoms with Gasteiger partial charge >= 0.3 is 5.97 Å². The van der Waals surface area contributed by atoms with E-state index in [0.717, 1.165) is 17.1 Å². The fraction of sp³-hybridized carbons (Fsp3) is 0.154. The monoisotopic (exact) mass is 273 g/mol. The summed E-state index contributed by atoms with van der Waals surface area (Å²) in [5, 5.41) is 9.14. The molecule has 1 aromatic heterocycles. The van der Waals surface area contributed by atoms with Gasteiger partial charge in [0.25, 0.3) is 0 Å². The lowest BCUT2D eigenvalue weighted by Crippen LogP contribution is -2.08. The van der Waals surface area contributed by atoms with E-state index in [2.05, 4.69) is 4.37 Å². The number of carbonyl (C=O) groups is 1. The Morgan fingerprint density at radius 2 is 2.37 bits per heavy atom. The van der Waals surface area contributed by atoms with Crippen molar-refractivity contribution in [2.75, 3.05) is 5.73 Å². The SMILES string of the molecule is Cc1nsc(N)c1C(=O)OCc1cccc(C#N)c1. The molecule has 0 amide bonds. The van der Waals surface area contributed by atoms with E-state index in [-0.39, 0.29) is 6.61 Å². The molecule has 0 fully saturated rings. The Bertz CT molecular complexity index is 639. The van der Waals surface area contributed by atoms with E-state index < -0.39 is 5.97 Å². The van der Waals surface area contributed by atoms with E-state index in [1.807, 2.05) is 6.07 Å². The van der Waals surface area contributed by atoms with Crippen molar-refractivity contribution in [3.8, 4) is 6.07 Å². The maximum absolute atomic E-state index is 11.9. The average Bonchev–Trinajstić information content (AvgIpc) is 2.76. The summed E-state index contributed by atoms with van der Waals surface area (Å²) in [6.45, 7) is 1.81. The number of esters is 1. The van der Waals surface area contributed by atoms with Crippen molar-refractivity contribution in [1.82, 2.24) is 4.37 Å². The third-order valence-electron chi connectivity index (χ3n) is 2.52. The van der Waals surface area contributed by atoms with Gasteiger partial charge in [-0.05, 0) is 36.2 Å². The fourth-order valence-electron chi connectivity index (χ4n) is 1.59. The Balaban J connectivity index is 2.07. The van der Waals surface area contributed by atoms with Gasteiger partial charge in [-0.2, -0.15) is 9.64 Å². The molecule has 0 unspecified atom stereocenters. The number of anilines is 1. The maximum atomic E-state index is 11.9. The minimum atomic E-state index is -0.494. The number of carbonyl (C=O) groups excluding carboxylic acids is 1. The van der Waals surface area contributed by atoms with Crippen LogP contribution in [-0.2, 0) is 11.3 Å². The number of nitrogen functional groups attached to an aromatic ring is 1. The zero-order chi connectivity index (χ0) is 13.8. The third kappa shape index (κ3) is 2.89. The van der Waals surface area contributed by atoms with Crippen LogP contribution in [0.3, 0.4) is 0 Å². The number of hydrogen-bond donors (Lipinski definition) is 1. The molecule has 2 N–H and O–H groups in total. The van der Waals surface area contributed by atoms with Crippen LogP contribution in [-0.4, -0.2) is 10.3 Å². The molecule has 1 aromatic carbocycles. The van der Waals surface area contributed by atoms with Crippen LogP contribution >= 0.6 is 11.5 Å². The predicted octanol–water partition coefficient (Wildman–Crippen LogP) is 2.26. The zero-order valence-corrected chi connectivity index (χ0v) is 11.0. The van der Waals surface area contributed by atoms with Gasteiger partial charge in [-0.1, -0.05) is 12.1 Å². The Morgan fingerprint density at radius 3 is 3.00 bits per heavy atom. The van der Waals surface area contributed by atoms with Crippen LogP contribution in [0.5, 0.6) is 0 Å². The summed E-state index contributed by atoms with van der Waals surface area (Å²) in [6.07, 6.45) is 0. The first-order valence-corrected chi connectivity index (χ1v) is 6.27. The van der Waals surface area contributed by atoms with E-state index in [0.29, 0.717) is 21.8 Å². The van der Waals surface area contributed by atoms with E-state index in [9.17, 15) is 4.79 Å². The van der Waals surface area contributed by atoms with E-state index in [1.54, 1.807) is 31.2 Å². The van der Waals surface area contributed by atoms with Crippen LogP contribution in [0.4, 0.5) is 5.00 Å². The molecule has 0 saturated heterocycles. The number of hydrogen-bond acceptors (Lipinski definition) is 6. The van der Waals surface area contributed by atoms with Crippen molar-refractivity contribution in [2.45, 2.75) is 13.5 Å². The van der Waals surface area contributed by atoms with Crippen LogP contribution < -0.4 is 5.73 Å². The van der Waals surface area contributed by atoms with Gasteiger partial charge in [0.15, 0.2) is 0 Å². The van der Waals surface area contributed by atoms with Gasteiger partial charge in [-0.3, -0.25) is 0 Å². The Hall–Kier alpha value is -2.39. The summed E-state index contributed by atoms with van der Waals surface area (Å²) in [5.74, 6) is -0.494. The zero-order valence-electron chi connectivity index (χ0n) is 10.2. The molecule has 1 heterocycles. The molecule has 0 aliphatic carbocycles. The Labute approximate surface area is 114 Å². The highest BCUT2D eigenvalue weighted by molar-refractivity contribution is 7.10. The van der Waals surface area contributed by atoms with Gasteiger partial charge in [0, 0.05) is 0 Å². The number of benzene rings is 1. The molecule has 0 aliphatic rings. The second-order valence-electron chi connectivity index (χ2n) is 3.90. The average molecular weight is 273 g/mol. The number of ether oxygens (including phenoxy) is 1. The molecule has 2 rings (SSSR count). The number of aromatic nitrogens is 1. The van der Waals surface area contributed by atoms with Crippen LogP contribution in [0.15, 0.2) is 24.3 Å². The first kappa shape index (κ1) is 13.1. The van der Waals surface area contributed by atoms with Crippen molar-refractivity contribution < 1.29 is 9.53 Å². The molecular weight excluding hydrogens is 262 g/mol. The summed E-state index contributed by atoms with van der Waals surface area (Å²) >= 11 is 1.07. The second-order valence-corrected chi connectivity index (χ2v) is 4.70. The van der Waals surface area contributed by atoms with Gasteiger partial charge in [0.1, 0.15) is 17.2 Å². The van der Waals surface area contributed by atoms with Crippen molar-refractivity contribution in [3.63, 3.8) is 0 Å². The number of aryl methyl sites for hydroxylation is 1. The molecule has 5 nitrogen and oxygen atoms in total. The molecule has 0 saturated carbocycles. The van der Waals surface area contributed by atoms with Crippen LogP contribution in [0.1, 0.15) is 27.2 Å². The summed E-state index contributed by atoms with van der Waals surface area (Å²) in [4.78, 5) is 11.9. The standard InChI is InChI=1S/C13H11N3O2S/c1-8-11(12(15)19-16-8)13(17)18-7-10-4-2-3-9(5-10)6-14/h2-5H,7,15H2,1H3.